The molecule has 0 radical (unpaired) electrons. The molecule has 0 aliphatic carbocycles. The lowest BCUT2D eigenvalue weighted by Gasteiger charge is -2.04. The SMILES string of the molecule is O=C(c1ccnnc1)c1cccc2ccncc12. The van der Waals surface area contributed by atoms with E-state index in [1.54, 1.807) is 24.5 Å². The molecule has 0 fully saturated rings. The van der Waals surface area contributed by atoms with Crippen LogP contribution in [0.1, 0.15) is 15.9 Å². The number of carbonyl (C=O) groups excluding carboxylic acids is 1. The average molecular weight is 235 g/mol. The highest BCUT2D eigenvalue weighted by Crippen LogP contribution is 2.19. The van der Waals surface area contributed by atoms with E-state index in [1.807, 2.05) is 18.2 Å². The molecule has 4 heteroatoms. The lowest BCUT2D eigenvalue weighted by Crippen LogP contribution is -2.03. The molecule has 1 aromatic carbocycles. The number of aromatic nitrogens is 3. The van der Waals surface area contributed by atoms with Gasteiger partial charge in [0.2, 0.25) is 0 Å². The minimum atomic E-state index is -0.0662. The summed E-state index contributed by atoms with van der Waals surface area (Å²) in [4.78, 5) is 16.4. The quantitative estimate of drug-likeness (QED) is 0.639. The van der Waals surface area contributed by atoms with Crippen LogP contribution in [0.5, 0.6) is 0 Å². The highest BCUT2D eigenvalue weighted by molar-refractivity contribution is 6.16. The average Bonchev–Trinajstić information content (AvgIpc) is 2.47. The van der Waals surface area contributed by atoms with E-state index in [-0.39, 0.29) is 5.78 Å². The van der Waals surface area contributed by atoms with E-state index in [4.69, 9.17) is 0 Å². The molecule has 0 unspecified atom stereocenters. The normalized spacial score (nSPS) is 10.4. The van der Waals surface area contributed by atoms with E-state index >= 15 is 0 Å². The molecule has 0 atom stereocenters. The number of rotatable bonds is 2. The predicted octanol–water partition coefficient (Wildman–Crippen LogP) is 2.26. The van der Waals surface area contributed by atoms with Crippen LogP contribution in [0.2, 0.25) is 0 Å². The maximum Gasteiger partial charge on any atom is 0.195 e. The third-order valence-corrected chi connectivity index (χ3v) is 2.77. The maximum atomic E-state index is 12.4. The maximum absolute atomic E-state index is 12.4. The smallest absolute Gasteiger partial charge is 0.195 e. The van der Waals surface area contributed by atoms with Gasteiger partial charge in [0.1, 0.15) is 0 Å². The lowest BCUT2D eigenvalue weighted by molar-refractivity contribution is 0.103. The van der Waals surface area contributed by atoms with Gasteiger partial charge in [0.25, 0.3) is 0 Å². The van der Waals surface area contributed by atoms with Crippen molar-refractivity contribution in [2.75, 3.05) is 0 Å². The highest BCUT2D eigenvalue weighted by atomic mass is 16.1. The summed E-state index contributed by atoms with van der Waals surface area (Å²) in [5.74, 6) is -0.0662. The zero-order valence-corrected chi connectivity index (χ0v) is 9.45. The molecule has 0 N–H and O–H groups in total. The van der Waals surface area contributed by atoms with Crippen molar-refractivity contribution in [2.45, 2.75) is 0 Å². The number of hydrogen-bond donors (Lipinski definition) is 0. The second-order valence-corrected chi connectivity index (χ2v) is 3.86. The minimum Gasteiger partial charge on any atom is -0.289 e. The van der Waals surface area contributed by atoms with E-state index in [2.05, 4.69) is 15.2 Å². The standard InChI is InChI=1S/C14H9N3O/c18-14(11-5-7-16-17-8-11)12-3-1-2-10-4-6-15-9-13(10)12/h1-9H. The number of fused-ring (bicyclic) bond motifs is 1. The van der Waals surface area contributed by atoms with Gasteiger partial charge in [-0.15, -0.1) is 0 Å². The van der Waals surface area contributed by atoms with Crippen LogP contribution in [0.4, 0.5) is 0 Å². The summed E-state index contributed by atoms with van der Waals surface area (Å²) in [6.45, 7) is 0. The van der Waals surface area contributed by atoms with Crippen molar-refractivity contribution in [2.24, 2.45) is 0 Å². The van der Waals surface area contributed by atoms with Crippen LogP contribution in [0.25, 0.3) is 10.8 Å². The summed E-state index contributed by atoms with van der Waals surface area (Å²) in [6.07, 6.45) is 6.40. The first kappa shape index (κ1) is 10.5. The number of carbonyl (C=O) groups is 1. The Balaban J connectivity index is 2.18. The molecule has 86 valence electrons. The van der Waals surface area contributed by atoms with Gasteiger partial charge in [0.15, 0.2) is 5.78 Å². The molecule has 0 saturated heterocycles. The van der Waals surface area contributed by atoms with E-state index in [0.717, 1.165) is 10.8 Å². The van der Waals surface area contributed by atoms with Crippen molar-refractivity contribution >= 4 is 16.6 Å². The van der Waals surface area contributed by atoms with Crippen LogP contribution >= 0.6 is 0 Å². The molecule has 2 heterocycles. The summed E-state index contributed by atoms with van der Waals surface area (Å²) < 4.78 is 0. The molecule has 0 amide bonds. The lowest BCUT2D eigenvalue weighted by atomic mass is 10.00. The van der Waals surface area contributed by atoms with E-state index in [9.17, 15) is 4.79 Å². The molecule has 0 saturated carbocycles. The number of nitrogens with zero attached hydrogens (tertiary/aromatic N) is 3. The van der Waals surface area contributed by atoms with E-state index < -0.39 is 0 Å². The van der Waals surface area contributed by atoms with Gasteiger partial charge in [0.05, 0.1) is 12.4 Å². The third-order valence-electron chi connectivity index (χ3n) is 2.77. The highest BCUT2D eigenvalue weighted by Gasteiger charge is 2.12. The molecular formula is C14H9N3O. The second kappa shape index (κ2) is 4.33. The van der Waals surface area contributed by atoms with E-state index in [1.165, 1.54) is 12.4 Å². The number of hydrogen-bond acceptors (Lipinski definition) is 4. The summed E-state index contributed by atoms with van der Waals surface area (Å²) in [7, 11) is 0. The first-order valence-electron chi connectivity index (χ1n) is 5.50. The monoisotopic (exact) mass is 235 g/mol. The molecular weight excluding hydrogens is 226 g/mol. The molecule has 0 aliphatic rings. The van der Waals surface area contributed by atoms with Gasteiger partial charge in [-0.3, -0.25) is 9.78 Å². The van der Waals surface area contributed by atoms with Crippen molar-refractivity contribution in [3.05, 3.63) is 66.2 Å². The van der Waals surface area contributed by atoms with Gasteiger partial charge >= 0.3 is 0 Å². The first-order chi connectivity index (χ1) is 8.86. The molecule has 0 spiro atoms. The largest absolute Gasteiger partial charge is 0.289 e. The van der Waals surface area contributed by atoms with Crippen LogP contribution in [0.3, 0.4) is 0 Å². The fraction of sp³-hybridized carbons (Fsp3) is 0. The Labute approximate surface area is 103 Å². The summed E-state index contributed by atoms with van der Waals surface area (Å²) in [5.41, 5.74) is 1.16. The van der Waals surface area contributed by atoms with Gasteiger partial charge in [-0.2, -0.15) is 10.2 Å². The Bertz CT molecular complexity index is 705. The Hall–Kier alpha value is -2.62. The molecule has 2 aromatic heterocycles. The first-order valence-corrected chi connectivity index (χ1v) is 5.50. The van der Waals surface area contributed by atoms with Crippen molar-refractivity contribution in [3.63, 3.8) is 0 Å². The Kier molecular flexibility index (Phi) is 2.53. The van der Waals surface area contributed by atoms with Crippen molar-refractivity contribution in [3.8, 4) is 0 Å². The van der Waals surface area contributed by atoms with E-state index in [0.29, 0.717) is 11.1 Å². The summed E-state index contributed by atoms with van der Waals surface area (Å²) >= 11 is 0. The molecule has 4 nitrogen and oxygen atoms in total. The topological polar surface area (TPSA) is 55.7 Å². The zero-order valence-electron chi connectivity index (χ0n) is 9.45. The van der Waals surface area contributed by atoms with Crippen molar-refractivity contribution in [1.82, 2.24) is 15.2 Å². The zero-order chi connectivity index (χ0) is 12.4. The fourth-order valence-corrected chi connectivity index (χ4v) is 1.89. The summed E-state index contributed by atoms with van der Waals surface area (Å²) in [6, 6.07) is 9.16. The van der Waals surface area contributed by atoms with Gasteiger partial charge in [0, 0.05) is 28.9 Å². The van der Waals surface area contributed by atoms with Crippen molar-refractivity contribution in [1.29, 1.82) is 0 Å². The predicted molar refractivity (Wildman–Crippen MR) is 67.2 cm³/mol. The van der Waals surface area contributed by atoms with Crippen LogP contribution in [-0.4, -0.2) is 21.0 Å². The molecule has 3 aromatic rings. The minimum absolute atomic E-state index is 0.0662. The van der Waals surface area contributed by atoms with Crippen LogP contribution < -0.4 is 0 Å². The Morgan fingerprint density at radius 3 is 2.72 bits per heavy atom. The fourth-order valence-electron chi connectivity index (χ4n) is 1.89. The van der Waals surface area contributed by atoms with Gasteiger partial charge in [-0.05, 0) is 17.5 Å². The van der Waals surface area contributed by atoms with Crippen molar-refractivity contribution < 1.29 is 4.79 Å². The molecule has 3 rings (SSSR count). The van der Waals surface area contributed by atoms with Crippen LogP contribution in [0.15, 0.2) is 55.1 Å². The Morgan fingerprint density at radius 2 is 1.89 bits per heavy atom. The van der Waals surface area contributed by atoms with Gasteiger partial charge in [-0.25, -0.2) is 0 Å². The van der Waals surface area contributed by atoms with Crippen LogP contribution in [0, 0.1) is 0 Å². The second-order valence-electron chi connectivity index (χ2n) is 3.86. The third kappa shape index (κ3) is 1.73. The molecule has 0 aliphatic heterocycles. The summed E-state index contributed by atoms with van der Waals surface area (Å²) in [5, 5.41) is 9.24. The number of benzene rings is 1. The molecule has 18 heavy (non-hydrogen) atoms. The number of pyridine rings is 1. The van der Waals surface area contributed by atoms with Crippen LogP contribution in [-0.2, 0) is 0 Å². The number of ketones is 1. The van der Waals surface area contributed by atoms with Gasteiger partial charge < -0.3 is 0 Å². The molecule has 0 bridgehead atoms. The Morgan fingerprint density at radius 1 is 0.944 bits per heavy atom. The van der Waals surface area contributed by atoms with Gasteiger partial charge in [-0.1, -0.05) is 18.2 Å².